The number of amides is 2. The topological polar surface area (TPSA) is 99.6 Å². The fraction of sp³-hybridized carbons (Fsp3) is 0.500. The largest absolute Gasteiger partial charge is 0.443 e. The molecular formula is C30H38Cl2N4O5S. The Morgan fingerprint density at radius 1 is 1.10 bits per heavy atom. The summed E-state index contributed by atoms with van der Waals surface area (Å²) < 4.78 is 33.6. The third-order valence-corrected chi connectivity index (χ3v) is 10.3. The van der Waals surface area contributed by atoms with Gasteiger partial charge in [0.25, 0.3) is 0 Å². The zero-order chi connectivity index (χ0) is 30.7. The molecule has 2 aliphatic rings. The molecule has 0 saturated carbocycles. The predicted molar refractivity (Wildman–Crippen MR) is 165 cm³/mol. The predicted octanol–water partition coefficient (Wildman–Crippen LogP) is 5.63. The fourth-order valence-electron chi connectivity index (χ4n) is 5.14. The Hall–Kier alpha value is -2.66. The van der Waals surface area contributed by atoms with Crippen LogP contribution in [0.25, 0.3) is 0 Å². The van der Waals surface area contributed by atoms with Crippen LogP contribution in [0.3, 0.4) is 0 Å². The van der Waals surface area contributed by atoms with Crippen molar-refractivity contribution in [2.24, 2.45) is 4.99 Å². The molecule has 42 heavy (non-hydrogen) atoms. The van der Waals surface area contributed by atoms with Crippen LogP contribution in [0.15, 0.2) is 52.4 Å². The lowest BCUT2D eigenvalue weighted by molar-refractivity contribution is -0.130. The SMILES string of the molecule is CN(CCc1ccc(C2=NCCN2C(=O)OC(C)(C)C)cc1)C(=O)CC[C@@H]1CCCN1S(=O)(=O)c1cccc(Cl)c1Cl. The maximum atomic E-state index is 13.3. The van der Waals surface area contributed by atoms with Crippen LogP contribution >= 0.6 is 23.2 Å². The van der Waals surface area contributed by atoms with Gasteiger partial charge in [-0.3, -0.25) is 14.7 Å². The maximum absolute atomic E-state index is 13.3. The molecule has 0 aliphatic carbocycles. The van der Waals surface area contributed by atoms with Crippen molar-refractivity contribution in [2.45, 2.75) is 69.4 Å². The van der Waals surface area contributed by atoms with Crippen LogP contribution in [0, 0.1) is 0 Å². The molecule has 228 valence electrons. The highest BCUT2D eigenvalue weighted by Gasteiger charge is 2.37. The van der Waals surface area contributed by atoms with Crippen molar-refractivity contribution in [1.29, 1.82) is 0 Å². The Bertz CT molecular complexity index is 1440. The number of halogens is 2. The van der Waals surface area contributed by atoms with Gasteiger partial charge < -0.3 is 9.64 Å². The second-order valence-electron chi connectivity index (χ2n) is 11.6. The molecule has 2 amide bonds. The van der Waals surface area contributed by atoms with Gasteiger partial charge in [-0.1, -0.05) is 53.5 Å². The van der Waals surface area contributed by atoms with Gasteiger partial charge in [-0.05, 0) is 64.2 Å². The van der Waals surface area contributed by atoms with E-state index in [1.54, 1.807) is 29.0 Å². The molecule has 0 spiro atoms. The number of rotatable bonds is 9. The van der Waals surface area contributed by atoms with Crippen molar-refractivity contribution in [3.05, 3.63) is 63.6 Å². The van der Waals surface area contributed by atoms with Crippen LogP contribution in [0.4, 0.5) is 4.79 Å². The molecule has 0 bridgehead atoms. The molecule has 0 N–H and O–H groups in total. The summed E-state index contributed by atoms with van der Waals surface area (Å²) in [6.07, 6.45) is 2.35. The lowest BCUT2D eigenvalue weighted by atomic mass is 10.1. The number of aliphatic imine (C=N–C) groups is 1. The van der Waals surface area contributed by atoms with E-state index in [0.29, 0.717) is 51.3 Å². The Kier molecular flexibility index (Phi) is 10.2. The highest BCUT2D eigenvalue weighted by molar-refractivity contribution is 7.89. The summed E-state index contributed by atoms with van der Waals surface area (Å²) in [6.45, 7) is 7.43. The van der Waals surface area contributed by atoms with Gasteiger partial charge in [0.05, 0.1) is 23.1 Å². The molecule has 0 aromatic heterocycles. The van der Waals surface area contributed by atoms with Gasteiger partial charge in [0.15, 0.2) is 0 Å². The standard InChI is InChI=1S/C30H38Cl2N4O5S/c1-30(2,3)41-29(38)35-20-17-33-28(35)22-12-10-21(11-13-22)16-19-34(4)26(37)15-14-23-7-6-18-36(23)42(39,40)25-9-5-8-24(31)27(25)32/h5,8-13,23H,6-7,14-20H2,1-4H3/t23-/m0/s1. The van der Waals surface area contributed by atoms with Gasteiger partial charge in [-0.25, -0.2) is 13.2 Å². The van der Waals surface area contributed by atoms with Gasteiger partial charge in [0, 0.05) is 38.2 Å². The lowest BCUT2D eigenvalue weighted by Crippen LogP contribution is -2.39. The average molecular weight is 638 g/mol. The first kappa shape index (κ1) is 32.3. The van der Waals surface area contributed by atoms with Crippen molar-refractivity contribution in [2.75, 3.05) is 33.2 Å². The number of sulfonamides is 1. The number of carbonyl (C=O) groups excluding carboxylic acids is 2. The van der Waals surface area contributed by atoms with Crippen LogP contribution in [0.1, 0.15) is 57.6 Å². The first-order valence-corrected chi connectivity index (χ1v) is 16.3. The smallest absolute Gasteiger partial charge is 0.416 e. The summed E-state index contributed by atoms with van der Waals surface area (Å²) in [5.41, 5.74) is 1.30. The zero-order valence-electron chi connectivity index (χ0n) is 24.5. The molecule has 12 heteroatoms. The number of carbonyl (C=O) groups is 2. The van der Waals surface area contributed by atoms with Crippen LogP contribution in [0.5, 0.6) is 0 Å². The van der Waals surface area contributed by atoms with E-state index in [1.807, 2.05) is 45.0 Å². The fourth-order valence-corrected chi connectivity index (χ4v) is 7.60. The molecule has 1 fully saturated rings. The van der Waals surface area contributed by atoms with E-state index in [4.69, 9.17) is 27.9 Å². The zero-order valence-corrected chi connectivity index (χ0v) is 26.8. The second-order valence-corrected chi connectivity index (χ2v) is 14.2. The number of amidine groups is 1. The van der Waals surface area contributed by atoms with E-state index in [2.05, 4.69) is 4.99 Å². The number of benzene rings is 2. The molecule has 2 heterocycles. The van der Waals surface area contributed by atoms with Crippen molar-refractivity contribution >= 4 is 51.1 Å². The normalized spacial score (nSPS) is 17.8. The van der Waals surface area contributed by atoms with Crippen LogP contribution < -0.4 is 0 Å². The van der Waals surface area contributed by atoms with E-state index in [-0.39, 0.29) is 33.3 Å². The van der Waals surface area contributed by atoms with Gasteiger partial charge >= 0.3 is 6.09 Å². The van der Waals surface area contributed by atoms with E-state index in [9.17, 15) is 18.0 Å². The van der Waals surface area contributed by atoms with Gasteiger partial charge in [0.2, 0.25) is 15.9 Å². The molecule has 0 unspecified atom stereocenters. The first-order valence-electron chi connectivity index (χ1n) is 14.1. The summed E-state index contributed by atoms with van der Waals surface area (Å²) in [4.78, 5) is 33.3. The maximum Gasteiger partial charge on any atom is 0.416 e. The average Bonchev–Trinajstić information content (AvgIpc) is 3.62. The molecule has 2 aromatic carbocycles. The minimum absolute atomic E-state index is 0.00409. The second kappa shape index (κ2) is 13.3. The van der Waals surface area contributed by atoms with Crippen molar-refractivity contribution in [3.63, 3.8) is 0 Å². The highest BCUT2D eigenvalue weighted by Crippen LogP contribution is 2.35. The van der Waals surface area contributed by atoms with Crippen molar-refractivity contribution in [3.8, 4) is 0 Å². The molecule has 2 aliphatic heterocycles. The van der Waals surface area contributed by atoms with Crippen molar-refractivity contribution < 1.29 is 22.7 Å². The third kappa shape index (κ3) is 7.64. The molecule has 1 atom stereocenters. The lowest BCUT2D eigenvalue weighted by Gasteiger charge is -2.25. The Morgan fingerprint density at radius 2 is 1.81 bits per heavy atom. The van der Waals surface area contributed by atoms with Gasteiger partial charge in [-0.2, -0.15) is 4.31 Å². The molecule has 2 aromatic rings. The molecular weight excluding hydrogens is 599 g/mol. The summed E-state index contributed by atoms with van der Waals surface area (Å²) >= 11 is 12.3. The van der Waals surface area contributed by atoms with Crippen LogP contribution in [-0.4, -0.2) is 85.2 Å². The molecule has 4 rings (SSSR count). The summed E-state index contributed by atoms with van der Waals surface area (Å²) in [5.74, 6) is 0.564. The van der Waals surface area contributed by atoms with Gasteiger partial charge in [0.1, 0.15) is 16.3 Å². The number of hydrogen-bond donors (Lipinski definition) is 0. The van der Waals surface area contributed by atoms with Crippen LogP contribution in [0.2, 0.25) is 10.0 Å². The number of hydrogen-bond acceptors (Lipinski definition) is 6. The Morgan fingerprint density at radius 3 is 2.50 bits per heavy atom. The third-order valence-electron chi connectivity index (χ3n) is 7.35. The summed E-state index contributed by atoms with van der Waals surface area (Å²) in [6, 6.07) is 12.1. The summed E-state index contributed by atoms with van der Waals surface area (Å²) in [7, 11) is -2.07. The van der Waals surface area contributed by atoms with Crippen LogP contribution in [-0.2, 0) is 26.0 Å². The minimum Gasteiger partial charge on any atom is -0.443 e. The van der Waals surface area contributed by atoms with E-state index >= 15 is 0 Å². The quantitative estimate of drug-likeness (QED) is 0.355. The Balaban J connectivity index is 1.29. The highest BCUT2D eigenvalue weighted by atomic mass is 35.5. The number of likely N-dealkylation sites (N-methyl/N-ethyl adjacent to an activating group) is 1. The molecule has 9 nitrogen and oxygen atoms in total. The van der Waals surface area contributed by atoms with E-state index in [0.717, 1.165) is 17.5 Å². The van der Waals surface area contributed by atoms with Crippen molar-refractivity contribution in [1.82, 2.24) is 14.1 Å². The molecule has 0 radical (unpaired) electrons. The first-order chi connectivity index (χ1) is 19.8. The minimum atomic E-state index is -3.83. The van der Waals surface area contributed by atoms with E-state index < -0.39 is 21.7 Å². The van der Waals surface area contributed by atoms with Gasteiger partial charge in [-0.15, -0.1) is 0 Å². The summed E-state index contributed by atoms with van der Waals surface area (Å²) in [5, 5.41) is 0.209. The number of nitrogens with zero attached hydrogens (tertiary/aromatic N) is 4. The monoisotopic (exact) mass is 636 g/mol. The van der Waals surface area contributed by atoms with E-state index in [1.165, 1.54) is 10.4 Å². The molecule has 1 saturated heterocycles. The number of ether oxygens (including phenoxy) is 1. The Labute approximate surface area is 258 Å².